The Bertz CT molecular complexity index is 261. The van der Waals surface area contributed by atoms with E-state index in [0.29, 0.717) is 6.54 Å². The molecule has 1 heterocycles. The summed E-state index contributed by atoms with van der Waals surface area (Å²) in [4.78, 5) is 2.31. The van der Waals surface area contributed by atoms with Crippen LogP contribution in [0.5, 0.6) is 0 Å². The van der Waals surface area contributed by atoms with Crippen LogP contribution in [-0.4, -0.2) is 44.7 Å². The number of alkyl halides is 1. The molecule has 0 saturated carbocycles. The molecule has 1 fully saturated rings. The van der Waals surface area contributed by atoms with E-state index in [9.17, 15) is 8.42 Å². The number of halogens is 1. The van der Waals surface area contributed by atoms with Gasteiger partial charge in [0.25, 0.3) is 0 Å². The summed E-state index contributed by atoms with van der Waals surface area (Å²) in [6.07, 6.45) is 5.04. The molecule has 1 aliphatic rings. The van der Waals surface area contributed by atoms with Crippen LogP contribution >= 0.6 is 11.6 Å². The Hall–Kier alpha value is 0.160. The second-order valence-electron chi connectivity index (χ2n) is 3.87. The number of likely N-dealkylation sites (tertiary alicyclic amines) is 1. The highest BCUT2D eigenvalue weighted by Gasteiger charge is 2.10. The Balaban J connectivity index is 2.18. The van der Waals surface area contributed by atoms with Gasteiger partial charge < -0.3 is 4.90 Å². The van der Waals surface area contributed by atoms with Crippen LogP contribution in [0.25, 0.3) is 0 Å². The minimum Gasteiger partial charge on any atom is -0.302 e. The van der Waals surface area contributed by atoms with Crippen molar-refractivity contribution in [1.29, 1.82) is 0 Å². The zero-order valence-electron chi connectivity index (χ0n) is 8.91. The lowest BCUT2D eigenvalue weighted by Gasteiger charge is -2.19. The number of hydrogen-bond donors (Lipinski definition) is 1. The quantitative estimate of drug-likeness (QED) is 0.744. The number of rotatable bonds is 5. The molecule has 90 valence electrons. The van der Waals surface area contributed by atoms with Gasteiger partial charge in [-0.05, 0) is 25.9 Å². The lowest BCUT2D eigenvalue weighted by molar-refractivity contribution is 0.290. The van der Waals surface area contributed by atoms with Gasteiger partial charge in [-0.15, -0.1) is 11.6 Å². The molecule has 0 atom stereocenters. The lowest BCUT2D eigenvalue weighted by atomic mass is 10.2. The number of hydrogen-bond acceptors (Lipinski definition) is 3. The minimum absolute atomic E-state index is 0.354. The Morgan fingerprint density at radius 1 is 1.13 bits per heavy atom. The van der Waals surface area contributed by atoms with E-state index in [2.05, 4.69) is 9.62 Å². The number of nitrogens with one attached hydrogen (secondary N) is 1. The van der Waals surface area contributed by atoms with Crippen molar-refractivity contribution in [2.45, 2.75) is 25.7 Å². The first-order chi connectivity index (χ1) is 7.14. The highest BCUT2D eigenvalue weighted by Crippen LogP contribution is 2.08. The molecule has 15 heavy (non-hydrogen) atoms. The third kappa shape index (κ3) is 5.70. The second kappa shape index (κ2) is 6.68. The van der Waals surface area contributed by atoms with Gasteiger partial charge in [-0.2, -0.15) is 0 Å². The zero-order chi connectivity index (χ0) is 11.1. The Kier molecular flexibility index (Phi) is 5.89. The average Bonchev–Trinajstić information content (AvgIpc) is 2.46. The maximum Gasteiger partial charge on any atom is 0.225 e. The first-order valence-electron chi connectivity index (χ1n) is 5.40. The Morgan fingerprint density at radius 3 is 2.27 bits per heavy atom. The maximum atomic E-state index is 11.0. The van der Waals surface area contributed by atoms with E-state index in [1.807, 2.05) is 0 Å². The molecular weight excluding hydrogens is 236 g/mol. The van der Waals surface area contributed by atoms with Crippen LogP contribution in [0.4, 0.5) is 0 Å². The molecule has 1 aliphatic heterocycles. The van der Waals surface area contributed by atoms with Gasteiger partial charge in [0, 0.05) is 13.1 Å². The summed E-state index contributed by atoms with van der Waals surface area (Å²) in [6.45, 7) is 3.43. The largest absolute Gasteiger partial charge is 0.302 e. The molecule has 0 aromatic heterocycles. The van der Waals surface area contributed by atoms with Gasteiger partial charge in [-0.1, -0.05) is 12.8 Å². The monoisotopic (exact) mass is 254 g/mol. The van der Waals surface area contributed by atoms with Crippen molar-refractivity contribution < 1.29 is 8.42 Å². The van der Waals surface area contributed by atoms with Gasteiger partial charge in [0.2, 0.25) is 10.0 Å². The van der Waals surface area contributed by atoms with Crippen molar-refractivity contribution in [3.8, 4) is 0 Å². The molecule has 0 spiro atoms. The zero-order valence-corrected chi connectivity index (χ0v) is 10.5. The van der Waals surface area contributed by atoms with Crippen molar-refractivity contribution in [1.82, 2.24) is 9.62 Å². The topological polar surface area (TPSA) is 49.4 Å². The highest BCUT2D eigenvalue weighted by molar-refractivity contribution is 7.90. The normalized spacial score (nSPS) is 20.1. The third-order valence-electron chi connectivity index (χ3n) is 2.59. The summed E-state index contributed by atoms with van der Waals surface area (Å²) in [5, 5.41) is -0.354. The standard InChI is InChI=1S/C9H19ClN2O2S/c10-9-15(13,14)11-5-8-12-6-3-1-2-4-7-12/h11H,1-9H2. The van der Waals surface area contributed by atoms with Gasteiger partial charge in [-0.25, -0.2) is 13.1 Å². The fraction of sp³-hybridized carbons (Fsp3) is 1.00. The fourth-order valence-electron chi connectivity index (χ4n) is 1.76. The van der Waals surface area contributed by atoms with E-state index in [-0.39, 0.29) is 5.21 Å². The predicted octanol–water partition coefficient (Wildman–Crippen LogP) is 0.978. The molecule has 0 amide bonds. The molecule has 1 N–H and O–H groups in total. The van der Waals surface area contributed by atoms with Crippen LogP contribution < -0.4 is 4.72 Å². The van der Waals surface area contributed by atoms with Crippen LogP contribution in [0.1, 0.15) is 25.7 Å². The highest BCUT2D eigenvalue weighted by atomic mass is 35.5. The molecule has 0 unspecified atom stereocenters. The smallest absolute Gasteiger partial charge is 0.225 e. The van der Waals surface area contributed by atoms with E-state index in [4.69, 9.17) is 11.6 Å². The van der Waals surface area contributed by atoms with Gasteiger partial charge in [0.1, 0.15) is 5.21 Å². The first-order valence-corrected chi connectivity index (χ1v) is 7.58. The summed E-state index contributed by atoms with van der Waals surface area (Å²) in [5.74, 6) is 0. The summed E-state index contributed by atoms with van der Waals surface area (Å²) in [6, 6.07) is 0. The van der Waals surface area contributed by atoms with Crippen molar-refractivity contribution >= 4 is 21.6 Å². The summed E-state index contributed by atoms with van der Waals surface area (Å²) in [5.41, 5.74) is 0. The Morgan fingerprint density at radius 2 is 1.73 bits per heavy atom. The van der Waals surface area contributed by atoms with Crippen LogP contribution in [0.3, 0.4) is 0 Å². The van der Waals surface area contributed by atoms with E-state index in [0.717, 1.165) is 19.6 Å². The molecule has 4 nitrogen and oxygen atoms in total. The van der Waals surface area contributed by atoms with Gasteiger partial charge >= 0.3 is 0 Å². The van der Waals surface area contributed by atoms with Crippen molar-refractivity contribution in [2.24, 2.45) is 0 Å². The van der Waals surface area contributed by atoms with Gasteiger partial charge in [0.05, 0.1) is 0 Å². The van der Waals surface area contributed by atoms with E-state index in [1.165, 1.54) is 25.7 Å². The molecule has 0 aromatic rings. The SMILES string of the molecule is O=S(=O)(CCl)NCCN1CCCCCC1. The van der Waals surface area contributed by atoms with Crippen LogP contribution in [0.15, 0.2) is 0 Å². The third-order valence-corrected chi connectivity index (χ3v) is 4.39. The molecule has 0 bridgehead atoms. The van der Waals surface area contributed by atoms with Gasteiger partial charge in [-0.3, -0.25) is 0 Å². The number of nitrogens with zero attached hydrogens (tertiary/aromatic N) is 1. The van der Waals surface area contributed by atoms with E-state index < -0.39 is 10.0 Å². The summed E-state index contributed by atoms with van der Waals surface area (Å²) >= 11 is 5.28. The summed E-state index contributed by atoms with van der Waals surface area (Å²) < 4.78 is 24.6. The van der Waals surface area contributed by atoms with E-state index >= 15 is 0 Å². The molecule has 6 heteroatoms. The van der Waals surface area contributed by atoms with Crippen LogP contribution in [0.2, 0.25) is 0 Å². The second-order valence-corrected chi connectivity index (χ2v) is 6.27. The fourth-order valence-corrected chi connectivity index (χ4v) is 2.47. The lowest BCUT2D eigenvalue weighted by Crippen LogP contribution is -2.35. The van der Waals surface area contributed by atoms with Crippen molar-refractivity contribution in [2.75, 3.05) is 31.4 Å². The molecular formula is C9H19ClN2O2S. The molecule has 0 radical (unpaired) electrons. The van der Waals surface area contributed by atoms with Crippen LogP contribution in [0, 0.1) is 0 Å². The minimum atomic E-state index is -3.24. The predicted molar refractivity (Wildman–Crippen MR) is 62.6 cm³/mol. The first kappa shape index (κ1) is 13.2. The molecule has 1 rings (SSSR count). The molecule has 0 aliphatic carbocycles. The molecule has 1 saturated heterocycles. The van der Waals surface area contributed by atoms with Gasteiger partial charge in [0.15, 0.2) is 0 Å². The van der Waals surface area contributed by atoms with Crippen molar-refractivity contribution in [3.05, 3.63) is 0 Å². The Labute approximate surface area is 97.0 Å². The number of sulfonamides is 1. The van der Waals surface area contributed by atoms with Crippen LogP contribution in [-0.2, 0) is 10.0 Å². The van der Waals surface area contributed by atoms with E-state index in [1.54, 1.807) is 0 Å². The molecule has 0 aromatic carbocycles. The summed E-state index contributed by atoms with van der Waals surface area (Å²) in [7, 11) is -3.24. The maximum absolute atomic E-state index is 11.0. The van der Waals surface area contributed by atoms with Crippen molar-refractivity contribution in [3.63, 3.8) is 0 Å². The average molecular weight is 255 g/mol.